The summed E-state index contributed by atoms with van der Waals surface area (Å²) in [6.45, 7) is 7.99. The summed E-state index contributed by atoms with van der Waals surface area (Å²) >= 11 is 5.15. The van der Waals surface area contributed by atoms with Crippen LogP contribution in [0.3, 0.4) is 0 Å². The molecule has 0 saturated carbocycles. The fraction of sp³-hybridized carbons (Fsp3) is 0.200. The third-order valence-electron chi connectivity index (χ3n) is 7.43. The Bertz CT molecular complexity index is 1610. The fourth-order valence-corrected chi connectivity index (χ4v) is 10.7. The van der Waals surface area contributed by atoms with E-state index in [1.54, 1.807) is 0 Å². The molecule has 0 spiro atoms. The molecule has 0 amide bonds. The zero-order chi connectivity index (χ0) is 30.3. The van der Waals surface area contributed by atoms with Crippen molar-refractivity contribution in [2.75, 3.05) is 16.9 Å². The van der Waals surface area contributed by atoms with Crippen LogP contribution in [0.25, 0.3) is 0 Å². The highest BCUT2D eigenvalue weighted by Crippen LogP contribution is 2.37. The second-order valence-electron chi connectivity index (χ2n) is 11.3. The highest BCUT2D eigenvalue weighted by atomic mass is 79.9. The Morgan fingerprint density at radius 3 is 2.12 bits per heavy atom. The van der Waals surface area contributed by atoms with Gasteiger partial charge in [0.2, 0.25) is 0 Å². The molecule has 0 bridgehead atoms. The number of halogens is 1. The Labute approximate surface area is 268 Å². The van der Waals surface area contributed by atoms with E-state index in [0.717, 1.165) is 37.9 Å². The molecule has 0 fully saturated rings. The van der Waals surface area contributed by atoms with E-state index in [2.05, 4.69) is 137 Å². The number of anilines is 3. The van der Waals surface area contributed by atoms with E-state index in [4.69, 9.17) is 9.41 Å². The zero-order valence-electron chi connectivity index (χ0n) is 25.0. The second-order valence-corrected chi connectivity index (χ2v) is 17.3. The summed E-state index contributed by atoms with van der Waals surface area (Å²) in [5.41, 5.74) is 4.05. The highest BCUT2D eigenvalue weighted by molar-refractivity contribution is 9.10. The number of nitrogens with zero attached hydrogens (tertiary/aromatic N) is 2. The number of aromatic nitrogens is 2. The van der Waals surface area contributed by atoms with Crippen LogP contribution in [0, 0.1) is 0 Å². The first-order valence-electron chi connectivity index (χ1n) is 14.3. The lowest BCUT2D eigenvalue weighted by atomic mass is 10.2. The molecule has 5 nitrogen and oxygen atoms in total. The Morgan fingerprint density at radius 2 is 1.49 bits per heavy atom. The van der Waals surface area contributed by atoms with E-state index in [9.17, 15) is 0 Å². The van der Waals surface area contributed by atoms with Crippen LogP contribution < -0.4 is 21.0 Å². The van der Waals surface area contributed by atoms with Crippen LogP contribution >= 0.6 is 27.7 Å². The van der Waals surface area contributed by atoms with Gasteiger partial charge in [0.25, 0.3) is 8.32 Å². The molecule has 1 aromatic heterocycles. The number of benzene rings is 4. The van der Waals surface area contributed by atoms with Gasteiger partial charge in [0.15, 0.2) is 5.16 Å². The molecule has 0 aliphatic carbocycles. The molecular weight excluding hydrogens is 632 g/mol. The van der Waals surface area contributed by atoms with Crippen molar-refractivity contribution in [1.82, 2.24) is 9.97 Å². The van der Waals surface area contributed by atoms with E-state index in [1.165, 1.54) is 22.1 Å². The quantitative estimate of drug-likeness (QED) is 0.0837. The van der Waals surface area contributed by atoms with Crippen LogP contribution in [0.1, 0.15) is 31.9 Å². The Balaban J connectivity index is 1.41. The van der Waals surface area contributed by atoms with Crippen molar-refractivity contribution in [3.8, 4) is 0 Å². The molecule has 43 heavy (non-hydrogen) atoms. The van der Waals surface area contributed by atoms with Crippen molar-refractivity contribution >= 4 is 63.6 Å². The van der Waals surface area contributed by atoms with Gasteiger partial charge in [0, 0.05) is 34.2 Å². The van der Waals surface area contributed by atoms with Crippen LogP contribution in [-0.4, -0.2) is 24.5 Å². The molecule has 0 unspecified atom stereocenters. The van der Waals surface area contributed by atoms with Gasteiger partial charge >= 0.3 is 0 Å². The Morgan fingerprint density at radius 1 is 0.837 bits per heavy atom. The average Bonchev–Trinajstić information content (AvgIpc) is 3.02. The van der Waals surface area contributed by atoms with Crippen LogP contribution in [-0.2, 0) is 17.6 Å². The molecule has 2 N–H and O–H groups in total. The van der Waals surface area contributed by atoms with Gasteiger partial charge in [-0.2, -0.15) is 0 Å². The maximum atomic E-state index is 7.18. The molecule has 0 aliphatic rings. The van der Waals surface area contributed by atoms with Crippen LogP contribution in [0.15, 0.2) is 125 Å². The van der Waals surface area contributed by atoms with Gasteiger partial charge in [0.1, 0.15) is 5.82 Å². The number of hydrogen-bond donors (Lipinski definition) is 2. The first-order valence-corrected chi connectivity index (χ1v) is 18.2. The predicted octanol–water partition coefficient (Wildman–Crippen LogP) is 8.39. The average molecular weight is 670 g/mol. The maximum absolute atomic E-state index is 7.18. The monoisotopic (exact) mass is 668 g/mol. The molecule has 220 valence electrons. The predicted molar refractivity (Wildman–Crippen MR) is 187 cm³/mol. The Hall–Kier alpha value is -3.43. The van der Waals surface area contributed by atoms with Crippen LogP contribution in [0.2, 0.25) is 5.04 Å². The first-order chi connectivity index (χ1) is 20.8. The zero-order valence-corrected chi connectivity index (χ0v) is 28.4. The van der Waals surface area contributed by atoms with Gasteiger partial charge in [-0.25, -0.2) is 9.97 Å². The van der Waals surface area contributed by atoms with E-state index < -0.39 is 8.32 Å². The third-order valence-corrected chi connectivity index (χ3v) is 13.7. The van der Waals surface area contributed by atoms with Gasteiger partial charge in [-0.3, -0.25) is 0 Å². The van der Waals surface area contributed by atoms with Gasteiger partial charge in [0.05, 0.1) is 6.61 Å². The lowest BCUT2D eigenvalue weighted by molar-refractivity contribution is 0.286. The maximum Gasteiger partial charge on any atom is 0.261 e. The van der Waals surface area contributed by atoms with Crippen molar-refractivity contribution < 1.29 is 4.43 Å². The molecule has 0 aliphatic heterocycles. The lowest BCUT2D eigenvalue weighted by Gasteiger charge is -2.43. The minimum atomic E-state index is -2.65. The molecule has 5 aromatic rings. The van der Waals surface area contributed by atoms with Gasteiger partial charge < -0.3 is 15.1 Å². The smallest absolute Gasteiger partial charge is 0.261 e. The van der Waals surface area contributed by atoms with E-state index >= 15 is 0 Å². The standard InChI is InChI=1S/C35H37BrN4OSSi/c1-35(2,3)43(29-16-7-5-8-17-29,30-18-9-6-10-19-30)41-25-26-14-13-15-28(22-26)39-33-27(24-38-34(40-33)42-4)23-37-32-21-12-11-20-31(32)36/h5-22,24,37H,23,25H2,1-4H3,(H,38,39,40). The van der Waals surface area contributed by atoms with Crippen molar-refractivity contribution in [2.45, 2.75) is 44.1 Å². The number of thioether (sulfide) groups is 1. The van der Waals surface area contributed by atoms with Crippen molar-refractivity contribution in [3.05, 3.63) is 131 Å². The van der Waals surface area contributed by atoms with Crippen LogP contribution in [0.5, 0.6) is 0 Å². The van der Waals surface area contributed by atoms with E-state index in [-0.39, 0.29) is 5.04 Å². The number of para-hydroxylation sites is 1. The van der Waals surface area contributed by atoms with Crippen molar-refractivity contribution in [3.63, 3.8) is 0 Å². The van der Waals surface area contributed by atoms with Gasteiger partial charge in [-0.05, 0) is 67.4 Å². The normalized spacial score (nSPS) is 11.7. The second kappa shape index (κ2) is 13.9. The summed E-state index contributed by atoms with van der Waals surface area (Å²) in [7, 11) is -2.65. The number of rotatable bonds is 11. The molecule has 4 aromatic carbocycles. The minimum absolute atomic E-state index is 0.0869. The fourth-order valence-electron chi connectivity index (χ4n) is 5.35. The molecule has 0 atom stereocenters. The molecule has 0 saturated heterocycles. The molecule has 8 heteroatoms. The van der Waals surface area contributed by atoms with E-state index in [1.807, 2.05) is 36.7 Å². The minimum Gasteiger partial charge on any atom is -0.403 e. The van der Waals surface area contributed by atoms with Crippen molar-refractivity contribution in [1.29, 1.82) is 0 Å². The SMILES string of the molecule is CSc1ncc(CNc2ccccc2Br)c(Nc2cccc(CO[Si](c3ccccc3)(c3ccccc3)C(C)(C)C)c2)n1. The largest absolute Gasteiger partial charge is 0.403 e. The third kappa shape index (κ3) is 7.21. The summed E-state index contributed by atoms with van der Waals surface area (Å²) in [5, 5.41) is 10.2. The van der Waals surface area contributed by atoms with Crippen molar-refractivity contribution in [2.24, 2.45) is 0 Å². The summed E-state index contributed by atoms with van der Waals surface area (Å²) in [6.07, 6.45) is 3.88. The lowest BCUT2D eigenvalue weighted by Crippen LogP contribution is -2.66. The number of hydrogen-bond acceptors (Lipinski definition) is 6. The van der Waals surface area contributed by atoms with E-state index in [0.29, 0.717) is 13.2 Å². The first kappa shape index (κ1) is 31.0. The number of nitrogens with one attached hydrogen (secondary N) is 2. The topological polar surface area (TPSA) is 59.1 Å². The van der Waals surface area contributed by atoms with Gasteiger partial charge in [-0.15, -0.1) is 0 Å². The molecule has 5 rings (SSSR count). The highest BCUT2D eigenvalue weighted by Gasteiger charge is 2.50. The summed E-state index contributed by atoms with van der Waals surface area (Å²) in [4.78, 5) is 9.35. The molecular formula is C35H37BrN4OSSi. The van der Waals surface area contributed by atoms with Crippen LogP contribution in [0.4, 0.5) is 17.2 Å². The Kier molecular flexibility index (Phi) is 10.0. The molecule has 0 radical (unpaired) electrons. The summed E-state index contributed by atoms with van der Waals surface area (Å²) < 4.78 is 8.20. The molecule has 1 heterocycles. The summed E-state index contributed by atoms with van der Waals surface area (Å²) in [5.74, 6) is 0.781. The summed E-state index contributed by atoms with van der Waals surface area (Å²) in [6, 6.07) is 38.0. The van der Waals surface area contributed by atoms with Gasteiger partial charge in [-0.1, -0.05) is 117 Å².